The SMILES string of the molecule is COc1ccc(NC(=O)NCC(N)CC(C)C)cc1. The Bertz CT molecular complexity index is 390. The van der Waals surface area contributed by atoms with Crippen LogP contribution in [0.5, 0.6) is 5.75 Å². The molecule has 1 aromatic rings. The summed E-state index contributed by atoms with van der Waals surface area (Å²) in [6, 6.07) is 6.89. The normalized spacial score (nSPS) is 12.1. The van der Waals surface area contributed by atoms with Crippen LogP contribution in [0.25, 0.3) is 0 Å². The second-order valence-electron chi connectivity index (χ2n) is 4.95. The third kappa shape index (κ3) is 6.10. The van der Waals surface area contributed by atoms with E-state index in [2.05, 4.69) is 24.5 Å². The van der Waals surface area contributed by atoms with Crippen molar-refractivity contribution in [3.8, 4) is 5.75 Å². The van der Waals surface area contributed by atoms with E-state index in [1.807, 2.05) is 0 Å². The summed E-state index contributed by atoms with van der Waals surface area (Å²) in [4.78, 5) is 11.6. The van der Waals surface area contributed by atoms with Gasteiger partial charge in [-0.05, 0) is 36.6 Å². The van der Waals surface area contributed by atoms with E-state index in [0.717, 1.165) is 17.9 Å². The van der Waals surface area contributed by atoms with Crippen LogP contribution in [0.4, 0.5) is 10.5 Å². The zero-order valence-corrected chi connectivity index (χ0v) is 11.8. The molecule has 0 aliphatic heterocycles. The van der Waals surface area contributed by atoms with E-state index in [1.54, 1.807) is 31.4 Å². The van der Waals surface area contributed by atoms with Crippen LogP contribution in [0.2, 0.25) is 0 Å². The number of carbonyl (C=O) groups excluding carboxylic acids is 1. The van der Waals surface area contributed by atoms with Gasteiger partial charge in [-0.2, -0.15) is 0 Å². The molecule has 1 unspecified atom stereocenters. The Hall–Kier alpha value is -1.75. The van der Waals surface area contributed by atoms with Gasteiger partial charge in [0.15, 0.2) is 0 Å². The van der Waals surface area contributed by atoms with Crippen molar-refractivity contribution in [3.63, 3.8) is 0 Å². The molecular formula is C14H23N3O2. The van der Waals surface area contributed by atoms with E-state index < -0.39 is 0 Å². The predicted octanol–water partition coefficient (Wildman–Crippen LogP) is 2.19. The van der Waals surface area contributed by atoms with E-state index >= 15 is 0 Å². The zero-order chi connectivity index (χ0) is 14.3. The van der Waals surface area contributed by atoms with Crippen molar-refractivity contribution in [1.29, 1.82) is 0 Å². The molecule has 0 aliphatic rings. The Morgan fingerprint density at radius 1 is 1.32 bits per heavy atom. The van der Waals surface area contributed by atoms with Crippen molar-refractivity contribution in [2.75, 3.05) is 19.0 Å². The number of methoxy groups -OCH3 is 1. The highest BCUT2D eigenvalue weighted by atomic mass is 16.5. The fraction of sp³-hybridized carbons (Fsp3) is 0.500. The van der Waals surface area contributed by atoms with Crippen LogP contribution in [0.15, 0.2) is 24.3 Å². The number of nitrogens with one attached hydrogen (secondary N) is 2. The number of hydrogen-bond acceptors (Lipinski definition) is 3. The van der Waals surface area contributed by atoms with E-state index in [4.69, 9.17) is 10.5 Å². The molecule has 1 atom stereocenters. The number of ether oxygens (including phenoxy) is 1. The third-order valence-electron chi connectivity index (χ3n) is 2.65. The van der Waals surface area contributed by atoms with Crippen LogP contribution in [0.3, 0.4) is 0 Å². The van der Waals surface area contributed by atoms with Crippen LogP contribution in [0.1, 0.15) is 20.3 Å². The summed E-state index contributed by atoms with van der Waals surface area (Å²) in [5.41, 5.74) is 6.61. The topological polar surface area (TPSA) is 76.4 Å². The second-order valence-corrected chi connectivity index (χ2v) is 4.95. The minimum Gasteiger partial charge on any atom is -0.497 e. The van der Waals surface area contributed by atoms with Gasteiger partial charge in [-0.15, -0.1) is 0 Å². The number of benzene rings is 1. The lowest BCUT2D eigenvalue weighted by atomic mass is 10.0. The quantitative estimate of drug-likeness (QED) is 0.738. The fourth-order valence-corrected chi connectivity index (χ4v) is 1.76. The summed E-state index contributed by atoms with van der Waals surface area (Å²) in [5.74, 6) is 1.28. The summed E-state index contributed by atoms with van der Waals surface area (Å²) >= 11 is 0. The lowest BCUT2D eigenvalue weighted by Crippen LogP contribution is -2.39. The summed E-state index contributed by atoms with van der Waals surface area (Å²) in [6.07, 6.45) is 0.892. The molecule has 1 aromatic carbocycles. The molecule has 19 heavy (non-hydrogen) atoms. The Kier molecular flexibility index (Phi) is 6.15. The number of hydrogen-bond donors (Lipinski definition) is 3. The molecule has 0 radical (unpaired) electrons. The van der Waals surface area contributed by atoms with Crippen molar-refractivity contribution < 1.29 is 9.53 Å². The molecular weight excluding hydrogens is 242 g/mol. The Labute approximate surface area is 114 Å². The molecule has 5 heteroatoms. The standard InChI is InChI=1S/C14H23N3O2/c1-10(2)8-11(15)9-16-14(18)17-12-4-6-13(19-3)7-5-12/h4-7,10-11H,8-9,15H2,1-3H3,(H2,16,17,18). The summed E-state index contributed by atoms with van der Waals surface area (Å²) in [7, 11) is 1.60. The molecule has 0 bridgehead atoms. The minimum atomic E-state index is -0.246. The number of urea groups is 1. The van der Waals surface area contributed by atoms with E-state index in [0.29, 0.717) is 12.5 Å². The third-order valence-corrected chi connectivity index (χ3v) is 2.65. The number of nitrogens with two attached hydrogens (primary N) is 1. The Morgan fingerprint density at radius 3 is 2.47 bits per heavy atom. The van der Waals surface area contributed by atoms with Gasteiger partial charge in [0, 0.05) is 18.3 Å². The number of rotatable bonds is 6. The summed E-state index contributed by atoms with van der Waals surface area (Å²) in [5, 5.41) is 5.50. The first-order valence-corrected chi connectivity index (χ1v) is 6.45. The molecule has 5 nitrogen and oxygen atoms in total. The van der Waals surface area contributed by atoms with E-state index in [1.165, 1.54) is 0 Å². The minimum absolute atomic E-state index is 0.0124. The highest BCUT2D eigenvalue weighted by Gasteiger charge is 2.07. The van der Waals surface area contributed by atoms with Gasteiger partial charge in [0.05, 0.1) is 7.11 Å². The molecule has 0 fully saturated rings. The van der Waals surface area contributed by atoms with Crippen molar-refractivity contribution in [3.05, 3.63) is 24.3 Å². The van der Waals surface area contributed by atoms with Crippen LogP contribution in [-0.2, 0) is 0 Å². The van der Waals surface area contributed by atoms with Crippen molar-refractivity contribution in [2.45, 2.75) is 26.3 Å². The molecule has 0 spiro atoms. The molecule has 0 saturated carbocycles. The first-order chi connectivity index (χ1) is 9.01. The highest BCUT2D eigenvalue weighted by molar-refractivity contribution is 5.89. The van der Waals surface area contributed by atoms with Gasteiger partial charge in [-0.1, -0.05) is 13.8 Å². The molecule has 0 heterocycles. The number of amides is 2. The lowest BCUT2D eigenvalue weighted by molar-refractivity contribution is 0.251. The Balaban J connectivity index is 2.34. The average molecular weight is 265 g/mol. The first kappa shape index (κ1) is 15.3. The van der Waals surface area contributed by atoms with Crippen molar-refractivity contribution >= 4 is 11.7 Å². The van der Waals surface area contributed by atoms with Gasteiger partial charge < -0.3 is 21.1 Å². The van der Waals surface area contributed by atoms with Gasteiger partial charge in [0.25, 0.3) is 0 Å². The van der Waals surface area contributed by atoms with Crippen LogP contribution in [0, 0.1) is 5.92 Å². The van der Waals surface area contributed by atoms with Gasteiger partial charge >= 0.3 is 6.03 Å². The molecule has 0 aliphatic carbocycles. The second kappa shape index (κ2) is 7.63. The number of anilines is 1. The maximum atomic E-state index is 11.6. The molecule has 1 rings (SSSR count). The molecule has 106 valence electrons. The summed E-state index contributed by atoms with van der Waals surface area (Å²) in [6.45, 7) is 4.69. The maximum Gasteiger partial charge on any atom is 0.319 e. The lowest BCUT2D eigenvalue weighted by Gasteiger charge is -2.15. The van der Waals surface area contributed by atoms with Gasteiger partial charge in [0.1, 0.15) is 5.75 Å². The number of carbonyl (C=O) groups is 1. The molecule has 4 N–H and O–H groups in total. The van der Waals surface area contributed by atoms with Gasteiger partial charge in [-0.3, -0.25) is 0 Å². The molecule has 2 amide bonds. The molecule has 0 aromatic heterocycles. The predicted molar refractivity (Wildman–Crippen MR) is 77.4 cm³/mol. The first-order valence-electron chi connectivity index (χ1n) is 6.45. The fourth-order valence-electron chi connectivity index (χ4n) is 1.76. The molecule has 0 saturated heterocycles. The van der Waals surface area contributed by atoms with Gasteiger partial charge in [-0.25, -0.2) is 4.79 Å². The summed E-state index contributed by atoms with van der Waals surface area (Å²) < 4.78 is 5.05. The zero-order valence-electron chi connectivity index (χ0n) is 11.8. The van der Waals surface area contributed by atoms with E-state index in [9.17, 15) is 4.79 Å². The largest absolute Gasteiger partial charge is 0.497 e. The van der Waals surface area contributed by atoms with Gasteiger partial charge in [0.2, 0.25) is 0 Å². The highest BCUT2D eigenvalue weighted by Crippen LogP contribution is 2.14. The van der Waals surface area contributed by atoms with Crippen LogP contribution < -0.4 is 21.1 Å². The Morgan fingerprint density at radius 2 is 1.95 bits per heavy atom. The van der Waals surface area contributed by atoms with Crippen LogP contribution >= 0.6 is 0 Å². The van der Waals surface area contributed by atoms with Crippen LogP contribution in [-0.4, -0.2) is 25.7 Å². The van der Waals surface area contributed by atoms with E-state index in [-0.39, 0.29) is 12.1 Å². The average Bonchev–Trinajstić information content (AvgIpc) is 2.36. The van der Waals surface area contributed by atoms with Crippen molar-refractivity contribution in [2.24, 2.45) is 11.7 Å². The van der Waals surface area contributed by atoms with Crippen molar-refractivity contribution in [1.82, 2.24) is 5.32 Å². The smallest absolute Gasteiger partial charge is 0.319 e. The maximum absolute atomic E-state index is 11.6. The monoisotopic (exact) mass is 265 g/mol.